The van der Waals surface area contributed by atoms with Crippen LogP contribution in [-0.2, 0) is 11.6 Å². The molecule has 3 rings (SSSR count). The molecule has 1 aliphatic rings. The van der Waals surface area contributed by atoms with Gasteiger partial charge in [-0.25, -0.2) is 0 Å². The van der Waals surface area contributed by atoms with Crippen LogP contribution in [0.2, 0.25) is 0 Å². The third kappa shape index (κ3) is 4.08. The van der Waals surface area contributed by atoms with Gasteiger partial charge in [0.25, 0.3) is 5.91 Å². The molecule has 2 aromatic rings. The molecule has 0 aromatic heterocycles. The van der Waals surface area contributed by atoms with E-state index in [0.29, 0.717) is 17.5 Å². The molecule has 0 aliphatic carbocycles. The number of fused-ring (bicyclic) bond motifs is 1. The Kier molecular flexibility index (Phi) is 5.16. The second kappa shape index (κ2) is 7.11. The lowest BCUT2D eigenvalue weighted by atomic mass is 9.73. The predicted molar refractivity (Wildman–Crippen MR) is 103 cm³/mol. The molecule has 7 heteroatoms. The predicted octanol–water partition coefficient (Wildman–Crippen LogP) is 5.55. The van der Waals surface area contributed by atoms with Gasteiger partial charge in [0, 0.05) is 17.5 Å². The fraction of sp³-hybridized carbons (Fsp3) is 0.350. The summed E-state index contributed by atoms with van der Waals surface area (Å²) in [6.07, 6.45) is -1.96. The lowest BCUT2D eigenvalue weighted by molar-refractivity contribution is -0.137. The van der Waals surface area contributed by atoms with Gasteiger partial charge in [-0.05, 0) is 53.3 Å². The Morgan fingerprint density at radius 3 is 2.63 bits per heavy atom. The van der Waals surface area contributed by atoms with Crippen molar-refractivity contribution in [2.75, 3.05) is 11.6 Å². The molecule has 0 saturated carbocycles. The van der Waals surface area contributed by atoms with Gasteiger partial charge in [0.15, 0.2) is 0 Å². The lowest BCUT2D eigenvalue weighted by Crippen LogP contribution is -2.32. The second-order valence-corrected chi connectivity index (χ2v) is 7.92. The average Bonchev–Trinajstić information content (AvgIpc) is 2.60. The summed E-state index contributed by atoms with van der Waals surface area (Å²) in [5.41, 5.74) is 2.06. The van der Waals surface area contributed by atoms with Crippen LogP contribution in [0.3, 0.4) is 0 Å². The summed E-state index contributed by atoms with van der Waals surface area (Å²) in [6.45, 7) is 4.09. The third-order valence-electron chi connectivity index (χ3n) is 4.87. The van der Waals surface area contributed by atoms with Crippen molar-refractivity contribution in [3.63, 3.8) is 0 Å². The molecule has 144 valence electrons. The molecule has 0 saturated heterocycles. The van der Waals surface area contributed by atoms with Crippen molar-refractivity contribution < 1.29 is 18.0 Å². The zero-order chi connectivity index (χ0) is 19.8. The van der Waals surface area contributed by atoms with E-state index in [-0.39, 0.29) is 17.4 Å². The van der Waals surface area contributed by atoms with Crippen molar-refractivity contribution in [1.29, 1.82) is 0 Å². The Morgan fingerprint density at radius 1 is 1.22 bits per heavy atom. The van der Waals surface area contributed by atoms with E-state index in [1.807, 2.05) is 26.0 Å². The third-order valence-corrected chi connectivity index (χ3v) is 5.26. The van der Waals surface area contributed by atoms with Crippen molar-refractivity contribution in [3.8, 4) is 0 Å². The van der Waals surface area contributed by atoms with E-state index in [2.05, 4.69) is 10.0 Å². The molecule has 3 nitrogen and oxygen atoms in total. The number of hydrogen-bond donors (Lipinski definition) is 2. The van der Waals surface area contributed by atoms with Gasteiger partial charge in [-0.2, -0.15) is 13.2 Å². The first-order valence-electron chi connectivity index (χ1n) is 8.53. The highest BCUT2D eigenvalue weighted by Crippen LogP contribution is 2.45. The first kappa shape index (κ1) is 19.6. The molecule has 1 aliphatic heterocycles. The summed E-state index contributed by atoms with van der Waals surface area (Å²) >= 11 is 1.24. The van der Waals surface area contributed by atoms with Gasteiger partial charge in [-0.15, -0.1) is 0 Å². The van der Waals surface area contributed by atoms with E-state index in [1.54, 1.807) is 18.4 Å². The Balaban J connectivity index is 1.94. The van der Waals surface area contributed by atoms with E-state index >= 15 is 0 Å². The first-order chi connectivity index (χ1) is 12.6. The number of halogens is 3. The SMILES string of the molecule is CSNC(=O)c1ccc2c(c1)C(C)(C)CC(c1cccc(C(F)(F)F)c1)N2. The van der Waals surface area contributed by atoms with Crippen molar-refractivity contribution in [1.82, 2.24) is 4.72 Å². The molecule has 0 bridgehead atoms. The van der Waals surface area contributed by atoms with Gasteiger partial charge in [0.2, 0.25) is 0 Å². The Bertz CT molecular complexity index is 865. The number of alkyl halides is 3. The standard InChI is InChI=1S/C20H21F3N2OS/c1-19(2)11-17(12-5-4-6-14(9-12)20(21,22)23)24-16-8-7-13(10-15(16)19)18(26)25-27-3/h4-10,17,24H,11H2,1-3H3,(H,25,26). The lowest BCUT2D eigenvalue weighted by Gasteiger charge is -2.39. The minimum absolute atomic E-state index is 0.166. The topological polar surface area (TPSA) is 41.1 Å². The summed E-state index contributed by atoms with van der Waals surface area (Å²) in [6, 6.07) is 10.6. The van der Waals surface area contributed by atoms with Crippen LogP contribution < -0.4 is 10.0 Å². The van der Waals surface area contributed by atoms with E-state index in [9.17, 15) is 18.0 Å². The number of carbonyl (C=O) groups is 1. The molecule has 27 heavy (non-hydrogen) atoms. The minimum atomic E-state index is -4.36. The van der Waals surface area contributed by atoms with Crippen LogP contribution in [0.15, 0.2) is 42.5 Å². The summed E-state index contributed by atoms with van der Waals surface area (Å²) in [5, 5.41) is 3.34. The van der Waals surface area contributed by atoms with Crippen molar-refractivity contribution in [2.24, 2.45) is 0 Å². The number of anilines is 1. The van der Waals surface area contributed by atoms with Crippen LogP contribution in [-0.4, -0.2) is 12.2 Å². The molecule has 1 atom stereocenters. The molecule has 2 N–H and O–H groups in total. The molecule has 1 heterocycles. The van der Waals surface area contributed by atoms with Gasteiger partial charge in [0.05, 0.1) is 11.6 Å². The van der Waals surface area contributed by atoms with Crippen LogP contribution >= 0.6 is 11.9 Å². The Labute approximate surface area is 160 Å². The van der Waals surface area contributed by atoms with Crippen LogP contribution in [0.1, 0.15) is 53.4 Å². The molecule has 0 radical (unpaired) electrons. The fourth-order valence-corrected chi connectivity index (χ4v) is 3.82. The largest absolute Gasteiger partial charge is 0.416 e. The zero-order valence-electron chi connectivity index (χ0n) is 15.3. The van der Waals surface area contributed by atoms with Crippen molar-refractivity contribution in [3.05, 3.63) is 64.7 Å². The number of amides is 1. The van der Waals surface area contributed by atoms with Gasteiger partial charge in [-0.3, -0.25) is 9.52 Å². The maximum absolute atomic E-state index is 13.0. The Hall–Kier alpha value is -2.15. The number of carbonyl (C=O) groups excluding carboxylic acids is 1. The van der Waals surface area contributed by atoms with Crippen molar-refractivity contribution in [2.45, 2.75) is 37.9 Å². The van der Waals surface area contributed by atoms with E-state index < -0.39 is 11.7 Å². The minimum Gasteiger partial charge on any atom is -0.378 e. The van der Waals surface area contributed by atoms with Gasteiger partial charge >= 0.3 is 6.18 Å². The molecule has 1 amide bonds. The highest BCUT2D eigenvalue weighted by atomic mass is 32.2. The van der Waals surface area contributed by atoms with Crippen LogP contribution in [0, 0.1) is 0 Å². The molecular formula is C20H21F3N2OS. The summed E-state index contributed by atoms with van der Waals surface area (Å²) in [5.74, 6) is -0.166. The quantitative estimate of drug-likeness (QED) is 0.671. The van der Waals surface area contributed by atoms with Crippen LogP contribution in [0.4, 0.5) is 18.9 Å². The highest BCUT2D eigenvalue weighted by Gasteiger charge is 2.35. The van der Waals surface area contributed by atoms with E-state index in [1.165, 1.54) is 24.1 Å². The van der Waals surface area contributed by atoms with Gasteiger partial charge < -0.3 is 5.32 Å². The highest BCUT2D eigenvalue weighted by molar-refractivity contribution is 7.97. The van der Waals surface area contributed by atoms with Crippen LogP contribution in [0.5, 0.6) is 0 Å². The number of hydrogen-bond acceptors (Lipinski definition) is 3. The normalized spacial score (nSPS) is 18.4. The van der Waals surface area contributed by atoms with E-state index in [0.717, 1.165) is 17.3 Å². The van der Waals surface area contributed by atoms with Gasteiger partial charge in [0.1, 0.15) is 0 Å². The van der Waals surface area contributed by atoms with Gasteiger partial charge in [-0.1, -0.05) is 37.9 Å². The fourth-order valence-electron chi connectivity index (χ4n) is 3.51. The van der Waals surface area contributed by atoms with Crippen LogP contribution in [0.25, 0.3) is 0 Å². The molecule has 0 spiro atoms. The summed E-state index contributed by atoms with van der Waals surface area (Å²) in [7, 11) is 0. The summed E-state index contributed by atoms with van der Waals surface area (Å²) in [4.78, 5) is 12.1. The second-order valence-electron chi connectivity index (χ2n) is 7.30. The Morgan fingerprint density at radius 2 is 1.96 bits per heavy atom. The van der Waals surface area contributed by atoms with E-state index in [4.69, 9.17) is 0 Å². The van der Waals surface area contributed by atoms with Crippen molar-refractivity contribution >= 4 is 23.5 Å². The maximum atomic E-state index is 13.0. The summed E-state index contributed by atoms with van der Waals surface area (Å²) < 4.78 is 41.8. The smallest absolute Gasteiger partial charge is 0.378 e. The maximum Gasteiger partial charge on any atom is 0.416 e. The average molecular weight is 394 g/mol. The zero-order valence-corrected chi connectivity index (χ0v) is 16.1. The first-order valence-corrected chi connectivity index (χ1v) is 9.76. The molecule has 1 unspecified atom stereocenters. The monoisotopic (exact) mass is 394 g/mol. The molecule has 0 fully saturated rings. The molecule has 2 aromatic carbocycles. The molecular weight excluding hydrogens is 373 g/mol. The number of rotatable bonds is 3. The number of benzene rings is 2. The number of nitrogens with one attached hydrogen (secondary N) is 2.